The summed E-state index contributed by atoms with van der Waals surface area (Å²) >= 11 is 0. The van der Waals surface area contributed by atoms with Crippen LogP contribution in [0.1, 0.15) is 122 Å². The number of benzene rings is 1. The number of hydrogen-bond donors (Lipinski definition) is 0. The third kappa shape index (κ3) is 8.92. The highest BCUT2D eigenvalue weighted by Gasteiger charge is 2.27. The van der Waals surface area contributed by atoms with Crippen LogP contribution in [-0.4, -0.2) is 15.9 Å². The van der Waals surface area contributed by atoms with Gasteiger partial charge in [0.05, 0.1) is 5.92 Å². The van der Waals surface area contributed by atoms with Crippen LogP contribution in [0.3, 0.4) is 0 Å². The monoisotopic (exact) mass is 518 g/mol. The van der Waals surface area contributed by atoms with Crippen LogP contribution in [0.5, 0.6) is 5.75 Å². The summed E-state index contributed by atoms with van der Waals surface area (Å²) in [6.07, 6.45) is 25.6. The third-order valence-corrected chi connectivity index (χ3v) is 9.21. The van der Waals surface area contributed by atoms with E-state index in [0.29, 0.717) is 5.75 Å². The molecule has 0 atom stereocenters. The van der Waals surface area contributed by atoms with Gasteiger partial charge in [-0.15, -0.1) is 0 Å². The first-order valence-corrected chi connectivity index (χ1v) is 15.8. The van der Waals surface area contributed by atoms with E-state index >= 15 is 0 Å². The maximum atomic E-state index is 12.7. The maximum absolute atomic E-state index is 12.7. The van der Waals surface area contributed by atoms with Gasteiger partial charge in [0.15, 0.2) is 5.82 Å². The summed E-state index contributed by atoms with van der Waals surface area (Å²) < 4.78 is 5.73. The van der Waals surface area contributed by atoms with E-state index in [1.54, 1.807) is 0 Å². The molecule has 1 heterocycles. The van der Waals surface area contributed by atoms with Crippen molar-refractivity contribution in [2.45, 2.75) is 123 Å². The van der Waals surface area contributed by atoms with Crippen LogP contribution >= 0.6 is 0 Å². The van der Waals surface area contributed by atoms with Gasteiger partial charge in [-0.3, -0.25) is 4.79 Å². The number of aryl methyl sites for hydroxylation is 1. The predicted molar refractivity (Wildman–Crippen MR) is 156 cm³/mol. The van der Waals surface area contributed by atoms with Crippen LogP contribution in [0, 0.1) is 23.7 Å². The first-order valence-electron chi connectivity index (χ1n) is 15.8. The summed E-state index contributed by atoms with van der Waals surface area (Å²) in [6, 6.07) is 7.66. The van der Waals surface area contributed by atoms with E-state index in [1.807, 2.05) is 36.7 Å². The van der Waals surface area contributed by atoms with E-state index < -0.39 is 0 Å². The fourth-order valence-electron chi connectivity index (χ4n) is 6.55. The van der Waals surface area contributed by atoms with Gasteiger partial charge in [-0.2, -0.15) is 0 Å². The van der Waals surface area contributed by atoms with Gasteiger partial charge in [-0.25, -0.2) is 9.97 Å². The van der Waals surface area contributed by atoms with Gasteiger partial charge in [0.1, 0.15) is 5.75 Å². The van der Waals surface area contributed by atoms with Crippen molar-refractivity contribution in [2.75, 3.05) is 0 Å². The van der Waals surface area contributed by atoms with Gasteiger partial charge in [0.2, 0.25) is 0 Å². The summed E-state index contributed by atoms with van der Waals surface area (Å²) in [5, 5.41) is 0. The molecule has 0 unspecified atom stereocenters. The number of esters is 1. The Morgan fingerprint density at radius 2 is 1.29 bits per heavy atom. The molecule has 0 amide bonds. The number of rotatable bonds is 13. The zero-order chi connectivity index (χ0) is 26.6. The molecule has 4 heteroatoms. The van der Waals surface area contributed by atoms with Gasteiger partial charge in [0.25, 0.3) is 0 Å². The smallest absolute Gasteiger partial charge is 0.314 e. The second-order valence-electron chi connectivity index (χ2n) is 12.1. The highest BCUT2D eigenvalue weighted by Crippen LogP contribution is 2.35. The molecule has 0 aliphatic heterocycles. The number of carbonyl (C=O) groups is 1. The lowest BCUT2D eigenvalue weighted by Gasteiger charge is -2.28. The largest absolute Gasteiger partial charge is 0.426 e. The van der Waals surface area contributed by atoms with Crippen molar-refractivity contribution in [1.29, 1.82) is 0 Å². The molecule has 0 bridgehead atoms. The lowest BCUT2D eigenvalue weighted by molar-refractivity contribution is -0.140. The van der Waals surface area contributed by atoms with E-state index in [2.05, 4.69) is 23.8 Å². The molecule has 4 nitrogen and oxygen atoms in total. The van der Waals surface area contributed by atoms with Gasteiger partial charge in [-0.1, -0.05) is 84.5 Å². The number of nitrogens with zero attached hydrogens (tertiary/aromatic N) is 2. The number of aromatic nitrogens is 2. The fourth-order valence-corrected chi connectivity index (χ4v) is 6.55. The molecule has 2 aliphatic carbocycles. The first-order chi connectivity index (χ1) is 18.6. The van der Waals surface area contributed by atoms with Crippen molar-refractivity contribution >= 4 is 5.97 Å². The summed E-state index contributed by atoms with van der Waals surface area (Å²) in [5.74, 6) is 3.96. The minimum Gasteiger partial charge on any atom is -0.426 e. The molecular weight excluding hydrogens is 468 g/mol. The van der Waals surface area contributed by atoms with E-state index in [9.17, 15) is 4.79 Å². The Bertz CT molecular complexity index is 939. The molecule has 208 valence electrons. The van der Waals surface area contributed by atoms with E-state index in [4.69, 9.17) is 4.74 Å². The second kappa shape index (κ2) is 15.4. The zero-order valence-electron chi connectivity index (χ0n) is 24.0. The number of carbonyl (C=O) groups excluding carboxylic acids is 1. The molecule has 4 rings (SSSR count). The van der Waals surface area contributed by atoms with Gasteiger partial charge in [-0.05, 0) is 86.1 Å². The number of hydrogen-bond acceptors (Lipinski definition) is 4. The standard InChI is InChI=1S/C34H50N2O2/c1-3-5-7-9-27-16-18-31(19-17-27)34(37)38-32-22-20-30(21-23-32)33-35-24-29(25-36-33)15-14-28-12-10-26(11-13-28)8-6-4-2/h20-28,31H,3-19H2,1-2H3/t26-,27?,28-,31?. The molecule has 1 aromatic carbocycles. The summed E-state index contributed by atoms with van der Waals surface area (Å²) in [6.45, 7) is 4.55. The van der Waals surface area contributed by atoms with Crippen molar-refractivity contribution < 1.29 is 9.53 Å². The SMILES string of the molecule is CCCCCC1CCC(C(=O)Oc2ccc(-c3ncc(CC[C@H]4CC[C@H](CCCC)CC4)cn3)cc2)CC1. The third-order valence-electron chi connectivity index (χ3n) is 9.21. The highest BCUT2D eigenvalue weighted by atomic mass is 16.5. The fraction of sp³-hybridized carbons (Fsp3) is 0.676. The second-order valence-corrected chi connectivity index (χ2v) is 12.1. The van der Waals surface area contributed by atoms with Crippen molar-refractivity contribution in [3.8, 4) is 17.1 Å². The van der Waals surface area contributed by atoms with Gasteiger partial charge >= 0.3 is 5.97 Å². The molecule has 0 radical (unpaired) electrons. The summed E-state index contributed by atoms with van der Waals surface area (Å²) in [4.78, 5) is 22.0. The molecule has 0 saturated heterocycles. The molecule has 0 N–H and O–H groups in total. The van der Waals surface area contributed by atoms with Crippen LogP contribution in [0.2, 0.25) is 0 Å². The van der Waals surface area contributed by atoms with Crippen LogP contribution < -0.4 is 4.74 Å². The van der Waals surface area contributed by atoms with Crippen LogP contribution in [0.25, 0.3) is 11.4 Å². The first kappa shape index (κ1) is 28.8. The molecule has 1 aromatic heterocycles. The maximum Gasteiger partial charge on any atom is 0.314 e. The van der Waals surface area contributed by atoms with Gasteiger partial charge in [0, 0.05) is 18.0 Å². The van der Waals surface area contributed by atoms with E-state index in [1.165, 1.54) is 82.6 Å². The predicted octanol–water partition coefficient (Wildman–Crippen LogP) is 9.36. The Balaban J connectivity index is 1.18. The molecule has 38 heavy (non-hydrogen) atoms. The molecular formula is C34H50N2O2. The van der Waals surface area contributed by atoms with Crippen molar-refractivity contribution in [2.24, 2.45) is 23.7 Å². The Morgan fingerprint density at radius 3 is 1.89 bits per heavy atom. The molecule has 2 aromatic rings. The topological polar surface area (TPSA) is 52.1 Å². The lowest BCUT2D eigenvalue weighted by atomic mass is 9.78. The van der Waals surface area contributed by atoms with Crippen LogP contribution in [0.4, 0.5) is 0 Å². The summed E-state index contributed by atoms with van der Waals surface area (Å²) in [7, 11) is 0. The minimum atomic E-state index is -0.0696. The number of unbranched alkanes of at least 4 members (excludes halogenated alkanes) is 3. The highest BCUT2D eigenvalue weighted by molar-refractivity contribution is 5.75. The van der Waals surface area contributed by atoms with Crippen LogP contribution in [0.15, 0.2) is 36.7 Å². The number of ether oxygens (including phenoxy) is 1. The Morgan fingerprint density at radius 1 is 0.737 bits per heavy atom. The van der Waals surface area contributed by atoms with E-state index in [0.717, 1.165) is 61.2 Å². The van der Waals surface area contributed by atoms with Crippen molar-refractivity contribution in [3.63, 3.8) is 0 Å². The van der Waals surface area contributed by atoms with Crippen LogP contribution in [-0.2, 0) is 11.2 Å². The Labute approximate surface area is 231 Å². The van der Waals surface area contributed by atoms with Gasteiger partial charge < -0.3 is 4.74 Å². The molecule has 2 aliphatic rings. The summed E-state index contributed by atoms with van der Waals surface area (Å²) in [5.41, 5.74) is 2.18. The average Bonchev–Trinajstić information content (AvgIpc) is 2.97. The van der Waals surface area contributed by atoms with Crippen molar-refractivity contribution in [3.05, 3.63) is 42.2 Å². The lowest BCUT2D eigenvalue weighted by Crippen LogP contribution is -2.25. The molecule has 2 fully saturated rings. The Hall–Kier alpha value is -2.23. The Kier molecular flexibility index (Phi) is 11.6. The van der Waals surface area contributed by atoms with Crippen molar-refractivity contribution in [1.82, 2.24) is 9.97 Å². The van der Waals surface area contributed by atoms with E-state index in [-0.39, 0.29) is 11.9 Å². The molecule has 2 saturated carbocycles. The zero-order valence-corrected chi connectivity index (χ0v) is 24.0. The average molecular weight is 519 g/mol. The minimum absolute atomic E-state index is 0.0454. The molecule has 0 spiro atoms. The normalized spacial score (nSPS) is 23.7. The quantitative estimate of drug-likeness (QED) is 0.151.